The second kappa shape index (κ2) is 6.13. The molecule has 21 heavy (non-hydrogen) atoms. The highest BCUT2D eigenvalue weighted by Gasteiger charge is 2.28. The Hall–Kier alpha value is -2.08. The number of hydrogen-bond acceptors (Lipinski definition) is 6. The number of hydrogen-bond donors (Lipinski definition) is 1. The van der Waals surface area contributed by atoms with Crippen molar-refractivity contribution in [1.29, 1.82) is 0 Å². The molecular weight excluding hydrogens is 270 g/mol. The predicted octanol–water partition coefficient (Wildman–Crippen LogP) is 2.25. The molecule has 1 aliphatic carbocycles. The molecule has 1 aliphatic rings. The Balaban J connectivity index is 1.68. The number of methoxy groups -OCH3 is 1. The summed E-state index contributed by atoms with van der Waals surface area (Å²) in [7, 11) is 3.53. The van der Waals surface area contributed by atoms with Crippen LogP contribution < -0.4 is 14.8 Å². The van der Waals surface area contributed by atoms with E-state index in [-0.39, 0.29) is 6.61 Å². The Labute approximate surface area is 123 Å². The monoisotopic (exact) mass is 289 g/mol. The molecule has 3 rings (SSSR count). The van der Waals surface area contributed by atoms with Gasteiger partial charge in [0.1, 0.15) is 0 Å². The van der Waals surface area contributed by atoms with Crippen LogP contribution in [-0.4, -0.2) is 24.3 Å². The summed E-state index contributed by atoms with van der Waals surface area (Å²) in [6, 6.07) is 5.85. The standard InChI is InChI=1S/C15H19N3O3/c1-16-8-10-3-6-12(19-2)13(7-10)20-9-14-17-15(18-21-14)11-4-5-11/h3,6-7,11,16H,4-5,8-9H2,1-2H3. The first-order valence-corrected chi connectivity index (χ1v) is 7.07. The number of rotatable bonds is 7. The third-order valence-corrected chi connectivity index (χ3v) is 3.39. The Morgan fingerprint density at radius 3 is 2.90 bits per heavy atom. The minimum Gasteiger partial charge on any atom is -0.493 e. The maximum Gasteiger partial charge on any atom is 0.264 e. The topological polar surface area (TPSA) is 69.4 Å². The molecule has 0 unspecified atom stereocenters. The summed E-state index contributed by atoms with van der Waals surface area (Å²) >= 11 is 0. The zero-order valence-corrected chi connectivity index (χ0v) is 12.3. The van der Waals surface area contributed by atoms with Gasteiger partial charge in [0.05, 0.1) is 7.11 Å². The van der Waals surface area contributed by atoms with Crippen molar-refractivity contribution in [3.63, 3.8) is 0 Å². The Bertz CT molecular complexity index is 608. The van der Waals surface area contributed by atoms with Gasteiger partial charge in [-0.25, -0.2) is 0 Å². The largest absolute Gasteiger partial charge is 0.493 e. The molecule has 6 nitrogen and oxygen atoms in total. The van der Waals surface area contributed by atoms with E-state index in [2.05, 4.69) is 15.5 Å². The zero-order valence-electron chi connectivity index (χ0n) is 12.3. The van der Waals surface area contributed by atoms with Crippen molar-refractivity contribution in [2.24, 2.45) is 0 Å². The number of ether oxygens (including phenoxy) is 2. The lowest BCUT2D eigenvalue weighted by atomic mass is 10.2. The summed E-state index contributed by atoms with van der Waals surface area (Å²) in [6.07, 6.45) is 2.30. The number of nitrogens with zero attached hydrogens (tertiary/aromatic N) is 2. The number of nitrogens with one attached hydrogen (secondary N) is 1. The predicted molar refractivity (Wildman–Crippen MR) is 76.4 cm³/mol. The fourth-order valence-corrected chi connectivity index (χ4v) is 2.12. The Morgan fingerprint density at radius 1 is 1.33 bits per heavy atom. The minimum absolute atomic E-state index is 0.249. The molecule has 1 heterocycles. The van der Waals surface area contributed by atoms with Gasteiger partial charge in [-0.05, 0) is 37.6 Å². The van der Waals surface area contributed by atoms with Crippen LogP contribution >= 0.6 is 0 Å². The maximum absolute atomic E-state index is 5.77. The average Bonchev–Trinajstić information content (AvgIpc) is 3.25. The SMILES string of the molecule is CNCc1ccc(OC)c(OCc2nc(C3CC3)no2)c1. The van der Waals surface area contributed by atoms with Crippen LogP contribution in [0.5, 0.6) is 11.5 Å². The molecule has 0 amide bonds. The fourth-order valence-electron chi connectivity index (χ4n) is 2.12. The van der Waals surface area contributed by atoms with Crippen molar-refractivity contribution in [3.8, 4) is 11.5 Å². The van der Waals surface area contributed by atoms with Crippen molar-refractivity contribution < 1.29 is 14.0 Å². The third kappa shape index (κ3) is 3.33. The van der Waals surface area contributed by atoms with Crippen LogP contribution in [0.25, 0.3) is 0 Å². The molecule has 1 aromatic heterocycles. The van der Waals surface area contributed by atoms with Gasteiger partial charge in [-0.15, -0.1) is 0 Å². The molecule has 0 aliphatic heterocycles. The van der Waals surface area contributed by atoms with E-state index in [0.717, 1.165) is 30.8 Å². The van der Waals surface area contributed by atoms with Gasteiger partial charge >= 0.3 is 0 Å². The molecule has 1 saturated carbocycles. The molecule has 0 bridgehead atoms. The summed E-state index contributed by atoms with van der Waals surface area (Å²) in [5.41, 5.74) is 1.12. The van der Waals surface area contributed by atoms with E-state index in [4.69, 9.17) is 14.0 Å². The third-order valence-electron chi connectivity index (χ3n) is 3.39. The molecule has 0 saturated heterocycles. The number of benzene rings is 1. The lowest BCUT2D eigenvalue weighted by Crippen LogP contribution is -2.06. The van der Waals surface area contributed by atoms with E-state index in [0.29, 0.717) is 23.3 Å². The van der Waals surface area contributed by atoms with E-state index < -0.39 is 0 Å². The van der Waals surface area contributed by atoms with E-state index in [1.54, 1.807) is 7.11 Å². The first-order chi connectivity index (χ1) is 10.3. The zero-order chi connectivity index (χ0) is 14.7. The average molecular weight is 289 g/mol. The summed E-state index contributed by atoms with van der Waals surface area (Å²) < 4.78 is 16.3. The molecule has 6 heteroatoms. The van der Waals surface area contributed by atoms with Gasteiger partial charge in [-0.3, -0.25) is 0 Å². The molecule has 0 atom stereocenters. The van der Waals surface area contributed by atoms with Crippen LogP contribution in [0.3, 0.4) is 0 Å². The molecule has 1 fully saturated rings. The van der Waals surface area contributed by atoms with Gasteiger partial charge < -0.3 is 19.3 Å². The number of aromatic nitrogens is 2. The molecule has 0 spiro atoms. The van der Waals surface area contributed by atoms with Gasteiger partial charge in [0.2, 0.25) is 0 Å². The second-order valence-electron chi connectivity index (χ2n) is 5.12. The van der Waals surface area contributed by atoms with Crippen LogP contribution in [0.4, 0.5) is 0 Å². The van der Waals surface area contributed by atoms with Gasteiger partial charge in [-0.2, -0.15) is 4.98 Å². The van der Waals surface area contributed by atoms with Crippen molar-refractivity contribution in [1.82, 2.24) is 15.5 Å². The normalized spacial score (nSPS) is 14.2. The molecule has 1 N–H and O–H groups in total. The highest BCUT2D eigenvalue weighted by Crippen LogP contribution is 2.38. The molecular formula is C15H19N3O3. The van der Waals surface area contributed by atoms with Gasteiger partial charge in [0, 0.05) is 12.5 Å². The van der Waals surface area contributed by atoms with Crippen LogP contribution in [0.1, 0.15) is 36.0 Å². The van der Waals surface area contributed by atoms with Crippen molar-refractivity contribution in [2.75, 3.05) is 14.2 Å². The molecule has 1 aromatic carbocycles. The van der Waals surface area contributed by atoms with Crippen LogP contribution in [-0.2, 0) is 13.2 Å². The van der Waals surface area contributed by atoms with Crippen molar-refractivity contribution in [3.05, 3.63) is 35.5 Å². The highest BCUT2D eigenvalue weighted by atomic mass is 16.5. The maximum atomic E-state index is 5.77. The highest BCUT2D eigenvalue weighted by molar-refractivity contribution is 5.42. The quantitative estimate of drug-likeness (QED) is 0.843. The molecule has 112 valence electrons. The summed E-state index contributed by atoms with van der Waals surface area (Å²) in [5.74, 6) is 3.15. The second-order valence-corrected chi connectivity index (χ2v) is 5.12. The molecule has 2 aromatic rings. The summed E-state index contributed by atoms with van der Waals surface area (Å²) in [5, 5.41) is 7.08. The lowest BCUT2D eigenvalue weighted by molar-refractivity contribution is 0.233. The lowest BCUT2D eigenvalue weighted by Gasteiger charge is -2.11. The first-order valence-electron chi connectivity index (χ1n) is 7.07. The van der Waals surface area contributed by atoms with Crippen LogP contribution in [0.2, 0.25) is 0 Å². The summed E-state index contributed by atoms with van der Waals surface area (Å²) in [4.78, 5) is 4.35. The Morgan fingerprint density at radius 2 is 2.19 bits per heavy atom. The first kappa shape index (κ1) is 13.9. The van der Waals surface area contributed by atoms with E-state index in [1.807, 2.05) is 25.2 Å². The summed E-state index contributed by atoms with van der Waals surface area (Å²) in [6.45, 7) is 1.02. The van der Waals surface area contributed by atoms with Gasteiger partial charge in [-0.1, -0.05) is 11.2 Å². The molecule has 0 radical (unpaired) electrons. The van der Waals surface area contributed by atoms with Gasteiger partial charge in [0.25, 0.3) is 5.89 Å². The van der Waals surface area contributed by atoms with Crippen molar-refractivity contribution in [2.45, 2.75) is 31.9 Å². The van der Waals surface area contributed by atoms with Crippen molar-refractivity contribution >= 4 is 0 Å². The minimum atomic E-state index is 0.249. The van der Waals surface area contributed by atoms with Crippen LogP contribution in [0.15, 0.2) is 22.7 Å². The van der Waals surface area contributed by atoms with E-state index in [9.17, 15) is 0 Å². The van der Waals surface area contributed by atoms with E-state index in [1.165, 1.54) is 0 Å². The van der Waals surface area contributed by atoms with E-state index >= 15 is 0 Å². The Kier molecular flexibility index (Phi) is 4.06. The van der Waals surface area contributed by atoms with Gasteiger partial charge in [0.15, 0.2) is 23.9 Å². The fraction of sp³-hybridized carbons (Fsp3) is 0.467. The smallest absolute Gasteiger partial charge is 0.264 e. The van der Waals surface area contributed by atoms with Crippen LogP contribution in [0, 0.1) is 0 Å².